The van der Waals surface area contributed by atoms with Gasteiger partial charge < -0.3 is 9.47 Å². The Morgan fingerprint density at radius 1 is 1.33 bits per heavy atom. The van der Waals surface area contributed by atoms with Crippen LogP contribution in [-0.2, 0) is 13.0 Å². The molecule has 1 saturated carbocycles. The lowest BCUT2D eigenvalue weighted by Gasteiger charge is -2.47. The monoisotopic (exact) mass is 305 g/mol. The van der Waals surface area contributed by atoms with Gasteiger partial charge in [-0.3, -0.25) is 0 Å². The Balaban J connectivity index is 2.06. The topological polar surface area (TPSA) is 21.1 Å². The van der Waals surface area contributed by atoms with Crippen LogP contribution in [0.15, 0.2) is 18.2 Å². The molecule has 0 spiro atoms. The zero-order valence-electron chi connectivity index (χ0n) is 13.2. The molecule has 0 bridgehead atoms. The summed E-state index contributed by atoms with van der Waals surface area (Å²) in [6, 6.07) is 6.51. The molecule has 1 aliphatic carbocycles. The Morgan fingerprint density at radius 3 is 2.67 bits per heavy atom. The average Bonchev–Trinajstić information content (AvgIpc) is 2.71. The van der Waals surface area contributed by atoms with E-state index in [4.69, 9.17) is 16.6 Å². The molecule has 0 atom stereocenters. The third-order valence-corrected chi connectivity index (χ3v) is 5.18. The highest BCUT2D eigenvalue weighted by Gasteiger charge is 2.40. The molecule has 114 valence electrons. The third-order valence-electron chi connectivity index (χ3n) is 4.99. The second-order valence-corrected chi connectivity index (χ2v) is 6.90. The van der Waals surface area contributed by atoms with Crippen molar-refractivity contribution in [3.05, 3.63) is 29.6 Å². The van der Waals surface area contributed by atoms with Crippen LogP contribution in [0.1, 0.15) is 30.7 Å². The maximum atomic E-state index is 5.98. The summed E-state index contributed by atoms with van der Waals surface area (Å²) in [6.07, 6.45) is 4.70. The van der Waals surface area contributed by atoms with E-state index in [0.717, 1.165) is 24.3 Å². The molecular formula is C17H24ClN3. The maximum absolute atomic E-state index is 5.98. The van der Waals surface area contributed by atoms with Crippen molar-refractivity contribution in [3.8, 4) is 0 Å². The summed E-state index contributed by atoms with van der Waals surface area (Å²) in [5, 5.41) is 0. The number of likely N-dealkylation sites (N-methyl/N-ethyl adjacent to an activating group) is 1. The molecule has 1 fully saturated rings. The number of hydrogen-bond acceptors (Lipinski definition) is 2. The van der Waals surface area contributed by atoms with Gasteiger partial charge in [0.25, 0.3) is 0 Å². The number of imidazole rings is 1. The van der Waals surface area contributed by atoms with Crippen molar-refractivity contribution in [2.45, 2.75) is 44.7 Å². The lowest BCUT2D eigenvalue weighted by molar-refractivity contribution is 0.0428. The largest absolute Gasteiger partial charge is 0.326 e. The van der Waals surface area contributed by atoms with Gasteiger partial charge in [0, 0.05) is 24.4 Å². The first kappa shape index (κ1) is 14.9. The smallest absolute Gasteiger partial charge is 0.111 e. The fraction of sp³-hybridized carbons (Fsp3) is 0.588. The van der Waals surface area contributed by atoms with Gasteiger partial charge in [-0.1, -0.05) is 6.07 Å². The Labute approximate surface area is 131 Å². The molecule has 1 aromatic heterocycles. The van der Waals surface area contributed by atoms with Crippen LogP contribution >= 0.6 is 11.6 Å². The number of nitrogens with zero attached hydrogens (tertiary/aromatic N) is 3. The second-order valence-electron chi connectivity index (χ2n) is 6.52. The van der Waals surface area contributed by atoms with E-state index in [0.29, 0.717) is 11.4 Å². The molecule has 21 heavy (non-hydrogen) atoms. The SMILES string of the molecule is Cc1ccc2nc(CCCl)n(CC3(N(C)C)CCC3)c2c1. The molecule has 3 rings (SSSR count). The minimum atomic E-state index is 0.290. The molecule has 0 aliphatic heterocycles. The third kappa shape index (κ3) is 2.58. The minimum absolute atomic E-state index is 0.290. The molecule has 1 heterocycles. The van der Waals surface area contributed by atoms with E-state index >= 15 is 0 Å². The van der Waals surface area contributed by atoms with Crippen molar-refractivity contribution >= 4 is 22.6 Å². The predicted octanol–water partition coefficient (Wildman–Crippen LogP) is 3.61. The standard InChI is InChI=1S/C17H24ClN3/c1-13-5-6-14-15(11-13)21(16(19-14)7-10-18)12-17(20(2)3)8-4-9-17/h5-6,11H,4,7-10,12H2,1-3H3. The van der Waals surface area contributed by atoms with E-state index in [1.54, 1.807) is 0 Å². The molecule has 1 aromatic carbocycles. The summed E-state index contributed by atoms with van der Waals surface area (Å²) in [5.74, 6) is 1.75. The fourth-order valence-corrected chi connectivity index (χ4v) is 3.53. The van der Waals surface area contributed by atoms with E-state index in [9.17, 15) is 0 Å². The van der Waals surface area contributed by atoms with E-state index in [1.165, 1.54) is 30.3 Å². The van der Waals surface area contributed by atoms with Crippen molar-refractivity contribution < 1.29 is 0 Å². The second kappa shape index (κ2) is 5.62. The molecule has 0 N–H and O–H groups in total. The molecule has 2 aromatic rings. The predicted molar refractivity (Wildman–Crippen MR) is 89.2 cm³/mol. The van der Waals surface area contributed by atoms with Crippen LogP contribution in [0, 0.1) is 6.92 Å². The Bertz CT molecular complexity index is 641. The Kier molecular flexibility index (Phi) is 3.98. The van der Waals surface area contributed by atoms with Gasteiger partial charge >= 0.3 is 0 Å². The number of benzene rings is 1. The number of halogens is 1. The molecule has 0 radical (unpaired) electrons. The quantitative estimate of drug-likeness (QED) is 0.787. The summed E-state index contributed by atoms with van der Waals surface area (Å²) in [5.41, 5.74) is 3.92. The number of fused-ring (bicyclic) bond motifs is 1. The van der Waals surface area contributed by atoms with Gasteiger partial charge in [-0.25, -0.2) is 4.98 Å². The van der Waals surface area contributed by atoms with Crippen LogP contribution in [0.3, 0.4) is 0 Å². The summed E-state index contributed by atoms with van der Waals surface area (Å²) in [7, 11) is 4.40. The van der Waals surface area contributed by atoms with Crippen LogP contribution in [0.4, 0.5) is 0 Å². The van der Waals surface area contributed by atoms with Gasteiger partial charge in [-0.15, -0.1) is 11.6 Å². The molecule has 0 saturated heterocycles. The number of hydrogen-bond donors (Lipinski definition) is 0. The first-order valence-electron chi connectivity index (χ1n) is 7.75. The highest BCUT2D eigenvalue weighted by molar-refractivity contribution is 6.17. The minimum Gasteiger partial charge on any atom is -0.326 e. The molecule has 0 amide bonds. The van der Waals surface area contributed by atoms with Crippen LogP contribution in [-0.4, -0.2) is 40.0 Å². The van der Waals surface area contributed by atoms with Crippen molar-refractivity contribution in [3.63, 3.8) is 0 Å². The molecular weight excluding hydrogens is 282 g/mol. The average molecular weight is 306 g/mol. The zero-order valence-corrected chi connectivity index (χ0v) is 14.0. The first-order chi connectivity index (χ1) is 10.1. The maximum Gasteiger partial charge on any atom is 0.111 e. The fourth-order valence-electron chi connectivity index (χ4n) is 3.36. The molecule has 1 aliphatic rings. The van der Waals surface area contributed by atoms with Crippen LogP contribution in [0.2, 0.25) is 0 Å². The number of rotatable bonds is 5. The molecule has 0 unspecified atom stereocenters. The van der Waals surface area contributed by atoms with Gasteiger partial charge in [0.15, 0.2) is 0 Å². The Hall–Kier alpha value is -1.06. The van der Waals surface area contributed by atoms with Gasteiger partial charge in [0.1, 0.15) is 5.82 Å². The van der Waals surface area contributed by atoms with E-state index in [-0.39, 0.29) is 0 Å². The van der Waals surface area contributed by atoms with E-state index in [1.807, 2.05) is 0 Å². The van der Waals surface area contributed by atoms with Crippen LogP contribution in [0.25, 0.3) is 11.0 Å². The van der Waals surface area contributed by atoms with Crippen molar-refractivity contribution in [1.29, 1.82) is 0 Å². The van der Waals surface area contributed by atoms with Gasteiger partial charge in [0.2, 0.25) is 0 Å². The van der Waals surface area contributed by atoms with Gasteiger partial charge in [-0.2, -0.15) is 0 Å². The van der Waals surface area contributed by atoms with Crippen LogP contribution < -0.4 is 0 Å². The summed E-state index contributed by atoms with van der Waals surface area (Å²) >= 11 is 5.98. The van der Waals surface area contributed by atoms with Gasteiger partial charge in [0.05, 0.1) is 11.0 Å². The van der Waals surface area contributed by atoms with Gasteiger partial charge in [-0.05, 0) is 58.0 Å². The highest BCUT2D eigenvalue weighted by Crippen LogP contribution is 2.38. The number of aryl methyl sites for hydroxylation is 2. The summed E-state index contributed by atoms with van der Waals surface area (Å²) < 4.78 is 2.41. The van der Waals surface area contributed by atoms with E-state index in [2.05, 4.69) is 48.7 Å². The summed E-state index contributed by atoms with van der Waals surface area (Å²) in [4.78, 5) is 7.20. The zero-order chi connectivity index (χ0) is 15.0. The lowest BCUT2D eigenvalue weighted by Crippen LogP contribution is -2.53. The van der Waals surface area contributed by atoms with Crippen molar-refractivity contribution in [2.75, 3.05) is 20.0 Å². The molecule has 4 heteroatoms. The normalized spacial score (nSPS) is 17.4. The first-order valence-corrected chi connectivity index (χ1v) is 8.28. The van der Waals surface area contributed by atoms with Crippen molar-refractivity contribution in [2.24, 2.45) is 0 Å². The summed E-state index contributed by atoms with van der Waals surface area (Å²) in [6.45, 7) is 3.16. The molecule has 3 nitrogen and oxygen atoms in total. The van der Waals surface area contributed by atoms with E-state index < -0.39 is 0 Å². The highest BCUT2D eigenvalue weighted by atomic mass is 35.5. The van der Waals surface area contributed by atoms with Crippen molar-refractivity contribution in [1.82, 2.24) is 14.5 Å². The Morgan fingerprint density at radius 2 is 2.10 bits per heavy atom. The number of aromatic nitrogens is 2. The van der Waals surface area contributed by atoms with Crippen LogP contribution in [0.5, 0.6) is 0 Å². The lowest BCUT2D eigenvalue weighted by atomic mass is 9.75. The number of alkyl halides is 1.